The van der Waals surface area contributed by atoms with Crippen molar-refractivity contribution < 1.29 is 28.5 Å². The van der Waals surface area contributed by atoms with Crippen LogP contribution in [0, 0.1) is 0 Å². The van der Waals surface area contributed by atoms with E-state index in [1.165, 1.54) is 0 Å². The van der Waals surface area contributed by atoms with E-state index in [1.807, 2.05) is 30.3 Å². The molecule has 0 aromatic heterocycles. The second-order valence-electron chi connectivity index (χ2n) is 6.90. The average molecular weight is 434 g/mol. The fourth-order valence-corrected chi connectivity index (χ4v) is 2.94. The Labute approximate surface area is 185 Å². The normalized spacial score (nSPS) is 11.9. The first-order valence-electron chi connectivity index (χ1n) is 10.1. The van der Waals surface area contributed by atoms with Gasteiger partial charge in [0.2, 0.25) is 0 Å². The molecule has 0 saturated heterocycles. The van der Waals surface area contributed by atoms with Gasteiger partial charge in [-0.15, -0.1) is 0 Å². The van der Waals surface area contributed by atoms with E-state index in [1.54, 1.807) is 42.5 Å². The van der Waals surface area contributed by atoms with Crippen LogP contribution in [0.5, 0.6) is 23.0 Å². The molecule has 0 unspecified atom stereocenters. The number of amides is 2. The van der Waals surface area contributed by atoms with E-state index in [2.05, 4.69) is 10.9 Å². The lowest BCUT2D eigenvalue weighted by atomic mass is 10.2. The van der Waals surface area contributed by atoms with Gasteiger partial charge in [0.25, 0.3) is 11.8 Å². The van der Waals surface area contributed by atoms with Gasteiger partial charge in [0.15, 0.2) is 18.1 Å². The lowest BCUT2D eigenvalue weighted by Crippen LogP contribution is -2.43. The number of carbonyl (C=O) groups excluding carboxylic acids is 2. The fraction of sp³-hybridized carbons (Fsp3) is 0.167. The SMILES string of the molecule is O=C(COc1ccc(OCc2ccccc2)cc1)NNC(=O)c1ccc2c(c1)OCCO2. The number of carbonyl (C=O) groups is 2. The zero-order valence-electron chi connectivity index (χ0n) is 17.2. The van der Waals surface area contributed by atoms with Crippen LogP contribution in [0.4, 0.5) is 0 Å². The predicted molar refractivity (Wildman–Crippen MR) is 116 cm³/mol. The minimum atomic E-state index is -0.500. The van der Waals surface area contributed by atoms with Gasteiger partial charge >= 0.3 is 0 Å². The van der Waals surface area contributed by atoms with E-state index in [0.717, 1.165) is 5.56 Å². The van der Waals surface area contributed by atoms with Gasteiger partial charge in [-0.3, -0.25) is 20.4 Å². The molecular formula is C24H22N2O6. The van der Waals surface area contributed by atoms with E-state index >= 15 is 0 Å². The van der Waals surface area contributed by atoms with Crippen molar-refractivity contribution in [2.75, 3.05) is 19.8 Å². The molecule has 0 spiro atoms. The standard InChI is InChI=1S/C24H22N2O6/c27-23(25-26-24(28)18-6-11-21-22(14-18)30-13-12-29-21)16-32-20-9-7-19(8-10-20)31-15-17-4-2-1-3-5-17/h1-11,14H,12-13,15-16H2,(H,25,27)(H,26,28). The first-order chi connectivity index (χ1) is 15.7. The van der Waals surface area contributed by atoms with Crippen LogP contribution in [0.1, 0.15) is 15.9 Å². The molecule has 4 rings (SSSR count). The highest BCUT2D eigenvalue weighted by atomic mass is 16.6. The molecule has 8 heteroatoms. The van der Waals surface area contributed by atoms with Crippen molar-refractivity contribution in [2.45, 2.75) is 6.61 Å². The van der Waals surface area contributed by atoms with Gasteiger partial charge < -0.3 is 18.9 Å². The number of benzene rings is 3. The van der Waals surface area contributed by atoms with E-state index in [9.17, 15) is 9.59 Å². The van der Waals surface area contributed by atoms with Crippen LogP contribution in [-0.4, -0.2) is 31.6 Å². The Morgan fingerprint density at radius 1 is 0.781 bits per heavy atom. The number of hydrazine groups is 1. The Morgan fingerprint density at radius 2 is 1.47 bits per heavy atom. The number of ether oxygens (including phenoxy) is 4. The smallest absolute Gasteiger partial charge is 0.276 e. The van der Waals surface area contributed by atoms with Gasteiger partial charge in [-0.2, -0.15) is 0 Å². The van der Waals surface area contributed by atoms with E-state index in [0.29, 0.717) is 48.4 Å². The third-order valence-electron chi connectivity index (χ3n) is 4.56. The van der Waals surface area contributed by atoms with Crippen LogP contribution in [0.15, 0.2) is 72.8 Å². The monoisotopic (exact) mass is 434 g/mol. The van der Waals surface area contributed by atoms with Gasteiger partial charge in [-0.1, -0.05) is 30.3 Å². The van der Waals surface area contributed by atoms with Crippen molar-refractivity contribution >= 4 is 11.8 Å². The van der Waals surface area contributed by atoms with Crippen LogP contribution >= 0.6 is 0 Å². The fourth-order valence-electron chi connectivity index (χ4n) is 2.94. The Kier molecular flexibility index (Phi) is 6.72. The zero-order chi connectivity index (χ0) is 22.2. The largest absolute Gasteiger partial charge is 0.489 e. The van der Waals surface area contributed by atoms with Gasteiger partial charge in [0.05, 0.1) is 0 Å². The molecule has 0 radical (unpaired) electrons. The summed E-state index contributed by atoms with van der Waals surface area (Å²) in [6.45, 7) is 1.10. The summed E-state index contributed by atoms with van der Waals surface area (Å²) in [5, 5.41) is 0. The Hall–Kier alpha value is -4.20. The first kappa shape index (κ1) is 21.0. The lowest BCUT2D eigenvalue weighted by molar-refractivity contribution is -0.123. The Balaban J connectivity index is 1.19. The topological polar surface area (TPSA) is 95.1 Å². The summed E-state index contributed by atoms with van der Waals surface area (Å²) in [7, 11) is 0. The number of rotatable bonds is 7. The molecule has 1 aliphatic rings. The van der Waals surface area contributed by atoms with Crippen LogP contribution in [0.25, 0.3) is 0 Å². The average Bonchev–Trinajstić information content (AvgIpc) is 2.85. The van der Waals surface area contributed by atoms with Gasteiger partial charge in [0.1, 0.15) is 31.3 Å². The minimum Gasteiger partial charge on any atom is -0.489 e. The van der Waals surface area contributed by atoms with Crippen LogP contribution < -0.4 is 29.8 Å². The van der Waals surface area contributed by atoms with Crippen molar-refractivity contribution in [3.05, 3.63) is 83.9 Å². The maximum absolute atomic E-state index is 12.2. The number of hydrogen-bond acceptors (Lipinski definition) is 6. The van der Waals surface area contributed by atoms with Crippen molar-refractivity contribution in [1.29, 1.82) is 0 Å². The molecule has 8 nitrogen and oxygen atoms in total. The second-order valence-corrected chi connectivity index (χ2v) is 6.90. The third-order valence-corrected chi connectivity index (χ3v) is 4.56. The van der Waals surface area contributed by atoms with E-state index in [4.69, 9.17) is 18.9 Å². The number of hydrogen-bond donors (Lipinski definition) is 2. The number of nitrogens with one attached hydrogen (secondary N) is 2. The summed E-state index contributed by atoms with van der Waals surface area (Å²) in [6.07, 6.45) is 0. The van der Waals surface area contributed by atoms with Crippen LogP contribution in [0.3, 0.4) is 0 Å². The van der Waals surface area contributed by atoms with Crippen molar-refractivity contribution in [1.82, 2.24) is 10.9 Å². The summed E-state index contributed by atoms with van der Waals surface area (Å²) in [6, 6.07) is 21.6. The van der Waals surface area contributed by atoms with Gasteiger partial charge in [0, 0.05) is 5.56 Å². The molecule has 3 aromatic rings. The molecule has 0 saturated carbocycles. The second kappa shape index (κ2) is 10.2. The first-order valence-corrected chi connectivity index (χ1v) is 10.1. The van der Waals surface area contributed by atoms with E-state index in [-0.39, 0.29) is 6.61 Å². The summed E-state index contributed by atoms with van der Waals surface area (Å²) in [5.41, 5.74) is 6.08. The molecule has 0 fully saturated rings. The molecule has 0 bridgehead atoms. The molecule has 2 amide bonds. The summed E-state index contributed by atoms with van der Waals surface area (Å²) >= 11 is 0. The highest BCUT2D eigenvalue weighted by Gasteiger charge is 2.15. The molecule has 1 heterocycles. The van der Waals surface area contributed by atoms with Crippen LogP contribution in [-0.2, 0) is 11.4 Å². The molecule has 2 N–H and O–H groups in total. The molecule has 32 heavy (non-hydrogen) atoms. The van der Waals surface area contributed by atoms with Crippen molar-refractivity contribution in [2.24, 2.45) is 0 Å². The highest BCUT2D eigenvalue weighted by molar-refractivity contribution is 5.96. The predicted octanol–water partition coefficient (Wildman–Crippen LogP) is 2.88. The van der Waals surface area contributed by atoms with Gasteiger partial charge in [-0.05, 0) is 48.0 Å². The molecule has 0 aliphatic carbocycles. The maximum atomic E-state index is 12.2. The minimum absolute atomic E-state index is 0.258. The number of fused-ring (bicyclic) bond motifs is 1. The molecule has 164 valence electrons. The molecular weight excluding hydrogens is 412 g/mol. The Morgan fingerprint density at radius 3 is 2.22 bits per heavy atom. The zero-order valence-corrected chi connectivity index (χ0v) is 17.2. The van der Waals surface area contributed by atoms with Crippen molar-refractivity contribution in [3.8, 4) is 23.0 Å². The summed E-state index contributed by atoms with van der Waals surface area (Å²) in [5.74, 6) is 1.30. The highest BCUT2D eigenvalue weighted by Crippen LogP contribution is 2.30. The molecule has 1 aliphatic heterocycles. The van der Waals surface area contributed by atoms with Crippen molar-refractivity contribution in [3.63, 3.8) is 0 Å². The molecule has 0 atom stereocenters. The lowest BCUT2D eigenvalue weighted by Gasteiger charge is -2.18. The van der Waals surface area contributed by atoms with E-state index < -0.39 is 11.8 Å². The maximum Gasteiger partial charge on any atom is 0.276 e. The third kappa shape index (κ3) is 5.69. The Bertz CT molecular complexity index is 1070. The van der Waals surface area contributed by atoms with Gasteiger partial charge in [-0.25, -0.2) is 0 Å². The molecule has 3 aromatic carbocycles. The quantitative estimate of drug-likeness (QED) is 0.556. The summed E-state index contributed by atoms with van der Waals surface area (Å²) < 4.78 is 22.0. The summed E-state index contributed by atoms with van der Waals surface area (Å²) in [4.78, 5) is 24.2. The van der Waals surface area contributed by atoms with Crippen LogP contribution in [0.2, 0.25) is 0 Å².